The maximum atomic E-state index is 12.1. The van der Waals surface area contributed by atoms with E-state index < -0.39 is 0 Å². The minimum atomic E-state index is -0.385. The highest BCUT2D eigenvalue weighted by Crippen LogP contribution is 2.22. The summed E-state index contributed by atoms with van der Waals surface area (Å²) in [6.07, 6.45) is 4.47. The van der Waals surface area contributed by atoms with Crippen molar-refractivity contribution in [3.8, 4) is 23.1 Å². The first-order valence-electron chi connectivity index (χ1n) is 9.92. The molecule has 0 aliphatic carbocycles. The topological polar surface area (TPSA) is 64.1 Å². The van der Waals surface area contributed by atoms with Crippen LogP contribution in [0.1, 0.15) is 41.8 Å². The molecule has 0 radical (unpaired) electrons. The first-order chi connectivity index (χ1) is 14.5. The largest absolute Gasteiger partial charge is 0.465 e. The fraction of sp³-hybridized carbons (Fsp3) is 0.240. The number of nitrogens with one attached hydrogen (secondary N) is 1. The Labute approximate surface area is 177 Å². The van der Waals surface area contributed by atoms with Gasteiger partial charge in [-0.05, 0) is 48.7 Å². The zero-order valence-electron chi connectivity index (χ0n) is 17.5. The molecule has 0 fully saturated rings. The molecular formula is C25H25N3O2. The molecule has 1 N–H and O–H groups in total. The van der Waals surface area contributed by atoms with E-state index in [4.69, 9.17) is 4.74 Å². The third kappa shape index (κ3) is 5.92. The Bertz CT molecular complexity index is 1050. The Morgan fingerprint density at radius 3 is 2.53 bits per heavy atom. The van der Waals surface area contributed by atoms with Gasteiger partial charge in [-0.2, -0.15) is 0 Å². The fourth-order valence-corrected chi connectivity index (χ4v) is 2.80. The number of hydrogen-bond acceptors (Lipinski definition) is 5. The quantitative estimate of drug-likeness (QED) is 0.477. The maximum Gasteiger partial charge on any atom is 0.338 e. The van der Waals surface area contributed by atoms with Gasteiger partial charge < -0.3 is 10.1 Å². The van der Waals surface area contributed by atoms with Crippen LogP contribution in [0.3, 0.4) is 0 Å². The van der Waals surface area contributed by atoms with Gasteiger partial charge in [0.25, 0.3) is 0 Å². The van der Waals surface area contributed by atoms with Crippen molar-refractivity contribution < 1.29 is 9.53 Å². The minimum Gasteiger partial charge on any atom is -0.465 e. The molecule has 5 nitrogen and oxygen atoms in total. The van der Waals surface area contributed by atoms with E-state index in [1.54, 1.807) is 24.5 Å². The molecule has 0 amide bonds. The van der Waals surface area contributed by atoms with Crippen LogP contribution in [0.15, 0.2) is 60.9 Å². The van der Waals surface area contributed by atoms with Crippen LogP contribution in [-0.4, -0.2) is 29.6 Å². The zero-order valence-corrected chi connectivity index (χ0v) is 17.5. The van der Waals surface area contributed by atoms with Crippen LogP contribution < -0.4 is 5.32 Å². The van der Waals surface area contributed by atoms with Gasteiger partial charge in [-0.15, -0.1) is 0 Å². The van der Waals surface area contributed by atoms with Crippen molar-refractivity contribution in [3.63, 3.8) is 0 Å². The molecule has 0 spiro atoms. The third-order valence-electron chi connectivity index (χ3n) is 4.47. The van der Waals surface area contributed by atoms with Gasteiger partial charge >= 0.3 is 5.97 Å². The van der Waals surface area contributed by atoms with Crippen molar-refractivity contribution in [1.29, 1.82) is 0 Å². The summed E-state index contributed by atoms with van der Waals surface area (Å²) in [4.78, 5) is 20.8. The third-order valence-corrected chi connectivity index (χ3v) is 4.47. The molecule has 2 aromatic heterocycles. The molecule has 1 aromatic carbocycles. The monoisotopic (exact) mass is 399 g/mol. The molecule has 152 valence electrons. The number of carbonyl (C=O) groups is 1. The number of carbonyl (C=O) groups excluding carboxylic acids is 1. The Kier molecular flexibility index (Phi) is 7.18. The first kappa shape index (κ1) is 21.1. The average Bonchev–Trinajstić information content (AvgIpc) is 2.77. The van der Waals surface area contributed by atoms with Crippen LogP contribution in [0.25, 0.3) is 11.3 Å². The lowest BCUT2D eigenvalue weighted by Gasteiger charge is -2.11. The van der Waals surface area contributed by atoms with Gasteiger partial charge in [0.2, 0.25) is 0 Å². The van der Waals surface area contributed by atoms with Gasteiger partial charge in [0, 0.05) is 35.6 Å². The summed E-state index contributed by atoms with van der Waals surface area (Å²) in [5.41, 5.74) is 3.83. The zero-order chi connectivity index (χ0) is 21.3. The molecule has 3 rings (SSSR count). The van der Waals surface area contributed by atoms with Crippen LogP contribution in [0.2, 0.25) is 0 Å². The molecule has 5 heteroatoms. The maximum absolute atomic E-state index is 12.1. The Balaban J connectivity index is 1.84. The summed E-state index contributed by atoms with van der Waals surface area (Å²) in [6, 6.07) is 15.0. The standard InChI is InChI=1S/C25H25N3O2/c1-18(2)12-14-27-24-16-22(25(29)30-3)15-23(28-24)21-10-8-19(9-11-21)6-7-20-5-4-13-26-17-20/h4-5,8-11,13,15-18H,12,14H2,1-3H3,(H,27,28). The summed E-state index contributed by atoms with van der Waals surface area (Å²) in [7, 11) is 1.38. The van der Waals surface area contributed by atoms with Gasteiger partial charge in [0.1, 0.15) is 5.82 Å². The van der Waals surface area contributed by atoms with Crippen molar-refractivity contribution in [2.45, 2.75) is 20.3 Å². The Hall–Kier alpha value is -3.65. The van der Waals surface area contributed by atoms with E-state index >= 15 is 0 Å². The second kappa shape index (κ2) is 10.2. The number of benzene rings is 1. The van der Waals surface area contributed by atoms with E-state index in [2.05, 4.69) is 41.0 Å². The second-order valence-electron chi connectivity index (χ2n) is 7.30. The Morgan fingerprint density at radius 2 is 1.87 bits per heavy atom. The SMILES string of the molecule is COC(=O)c1cc(NCCC(C)C)nc(-c2ccc(C#Cc3cccnc3)cc2)c1. The van der Waals surface area contributed by atoms with E-state index in [1.807, 2.05) is 36.4 Å². The van der Waals surface area contributed by atoms with Gasteiger partial charge in [0.05, 0.1) is 18.4 Å². The molecule has 30 heavy (non-hydrogen) atoms. The molecular weight excluding hydrogens is 374 g/mol. The fourth-order valence-electron chi connectivity index (χ4n) is 2.80. The highest BCUT2D eigenvalue weighted by atomic mass is 16.5. The van der Waals surface area contributed by atoms with Crippen LogP contribution in [-0.2, 0) is 4.74 Å². The smallest absolute Gasteiger partial charge is 0.338 e. The van der Waals surface area contributed by atoms with E-state index in [-0.39, 0.29) is 5.97 Å². The summed E-state index contributed by atoms with van der Waals surface area (Å²) in [5.74, 6) is 7.09. The molecule has 0 aliphatic heterocycles. The lowest BCUT2D eigenvalue weighted by atomic mass is 10.1. The lowest BCUT2D eigenvalue weighted by molar-refractivity contribution is 0.0600. The summed E-state index contributed by atoms with van der Waals surface area (Å²) < 4.78 is 4.90. The molecule has 2 heterocycles. The first-order valence-corrected chi connectivity index (χ1v) is 9.92. The van der Waals surface area contributed by atoms with Crippen LogP contribution >= 0.6 is 0 Å². The molecule has 0 atom stereocenters. The van der Waals surface area contributed by atoms with Crippen LogP contribution in [0.5, 0.6) is 0 Å². The highest BCUT2D eigenvalue weighted by Gasteiger charge is 2.11. The van der Waals surface area contributed by atoms with Crippen molar-refractivity contribution in [3.05, 3.63) is 77.6 Å². The van der Waals surface area contributed by atoms with Crippen molar-refractivity contribution in [1.82, 2.24) is 9.97 Å². The number of pyridine rings is 2. The predicted molar refractivity (Wildman–Crippen MR) is 119 cm³/mol. The number of rotatable bonds is 6. The second-order valence-corrected chi connectivity index (χ2v) is 7.30. The van der Waals surface area contributed by atoms with Gasteiger partial charge in [0.15, 0.2) is 0 Å². The number of anilines is 1. The molecule has 0 bridgehead atoms. The van der Waals surface area contributed by atoms with Crippen LogP contribution in [0, 0.1) is 17.8 Å². The normalized spacial score (nSPS) is 10.3. The molecule has 0 saturated heterocycles. The number of hydrogen-bond donors (Lipinski definition) is 1. The van der Waals surface area contributed by atoms with E-state index in [0.29, 0.717) is 23.0 Å². The number of ether oxygens (including phenoxy) is 1. The van der Waals surface area contributed by atoms with Crippen molar-refractivity contribution >= 4 is 11.8 Å². The Morgan fingerprint density at radius 1 is 1.10 bits per heavy atom. The van der Waals surface area contributed by atoms with Gasteiger partial charge in [-0.3, -0.25) is 4.98 Å². The van der Waals surface area contributed by atoms with E-state index in [1.165, 1.54) is 7.11 Å². The van der Waals surface area contributed by atoms with Crippen molar-refractivity contribution in [2.24, 2.45) is 5.92 Å². The highest BCUT2D eigenvalue weighted by molar-refractivity contribution is 5.91. The predicted octanol–water partition coefficient (Wildman–Crippen LogP) is 4.79. The van der Waals surface area contributed by atoms with Crippen LogP contribution in [0.4, 0.5) is 5.82 Å². The van der Waals surface area contributed by atoms with E-state index in [0.717, 1.165) is 29.7 Å². The van der Waals surface area contributed by atoms with Gasteiger partial charge in [-0.25, -0.2) is 9.78 Å². The summed E-state index contributed by atoms with van der Waals surface area (Å²) >= 11 is 0. The minimum absolute atomic E-state index is 0.385. The number of methoxy groups -OCH3 is 1. The molecule has 0 aliphatic rings. The number of esters is 1. The summed E-state index contributed by atoms with van der Waals surface area (Å²) in [5, 5.41) is 3.31. The molecule has 0 unspecified atom stereocenters. The van der Waals surface area contributed by atoms with E-state index in [9.17, 15) is 4.79 Å². The lowest BCUT2D eigenvalue weighted by Crippen LogP contribution is -2.09. The average molecular weight is 399 g/mol. The molecule has 3 aromatic rings. The number of aromatic nitrogens is 2. The molecule has 0 saturated carbocycles. The number of nitrogens with zero attached hydrogens (tertiary/aromatic N) is 2. The van der Waals surface area contributed by atoms with Crippen molar-refractivity contribution in [2.75, 3.05) is 19.0 Å². The summed E-state index contributed by atoms with van der Waals surface area (Å²) in [6.45, 7) is 5.13. The van der Waals surface area contributed by atoms with Gasteiger partial charge in [-0.1, -0.05) is 37.8 Å².